The molecule has 3 aromatic rings. The lowest BCUT2D eigenvalue weighted by Crippen LogP contribution is -2.42. The minimum absolute atomic E-state index is 0.0431. The summed E-state index contributed by atoms with van der Waals surface area (Å²) in [5, 5.41) is 7.38. The number of nitrogens with one attached hydrogen (secondary N) is 1. The van der Waals surface area contributed by atoms with Crippen LogP contribution in [0.3, 0.4) is 0 Å². The van der Waals surface area contributed by atoms with Crippen molar-refractivity contribution in [3.05, 3.63) is 70.4 Å². The fourth-order valence-electron chi connectivity index (χ4n) is 3.58. The van der Waals surface area contributed by atoms with Crippen molar-refractivity contribution in [2.24, 2.45) is 0 Å². The summed E-state index contributed by atoms with van der Waals surface area (Å²) < 4.78 is 1.46. The summed E-state index contributed by atoms with van der Waals surface area (Å²) in [5.74, 6) is 1.56. The van der Waals surface area contributed by atoms with Crippen molar-refractivity contribution in [3.63, 3.8) is 0 Å². The predicted octanol–water partition coefficient (Wildman–Crippen LogP) is 2.35. The van der Waals surface area contributed by atoms with Gasteiger partial charge in [-0.15, -0.1) is 0 Å². The van der Waals surface area contributed by atoms with Crippen molar-refractivity contribution >= 4 is 5.91 Å². The maximum Gasteiger partial charge on any atom is 0.251 e. The van der Waals surface area contributed by atoms with Crippen LogP contribution in [0.2, 0.25) is 0 Å². The highest BCUT2D eigenvalue weighted by Crippen LogP contribution is 2.26. The summed E-state index contributed by atoms with van der Waals surface area (Å²) in [5.41, 5.74) is 1.71. The fraction of sp³-hybridized carbons (Fsp3) is 0.333. The van der Waals surface area contributed by atoms with Crippen molar-refractivity contribution in [3.8, 4) is 11.4 Å². The van der Waals surface area contributed by atoms with E-state index in [0.29, 0.717) is 18.9 Å². The van der Waals surface area contributed by atoms with Crippen molar-refractivity contribution < 1.29 is 4.79 Å². The van der Waals surface area contributed by atoms with Crippen LogP contribution in [0.1, 0.15) is 30.1 Å². The highest BCUT2D eigenvalue weighted by Gasteiger charge is 2.27. The van der Waals surface area contributed by atoms with E-state index in [2.05, 4.69) is 15.2 Å². The SMILES string of the molecule is Cc1ccn(CC(=O)N2CCC[C@@H](c3nc(-c4ccccc4)n[nH]3)C2)c(=O)c1. The fourth-order valence-corrected chi connectivity index (χ4v) is 3.58. The first-order valence-electron chi connectivity index (χ1n) is 9.53. The number of likely N-dealkylation sites (tertiary alicyclic amines) is 1. The Morgan fingerprint density at radius 1 is 1.25 bits per heavy atom. The Labute approximate surface area is 163 Å². The average Bonchev–Trinajstić information content (AvgIpc) is 3.21. The van der Waals surface area contributed by atoms with E-state index >= 15 is 0 Å². The van der Waals surface area contributed by atoms with Crippen LogP contribution in [0.15, 0.2) is 53.5 Å². The van der Waals surface area contributed by atoms with Crippen LogP contribution in [0.5, 0.6) is 0 Å². The van der Waals surface area contributed by atoms with Crippen molar-refractivity contribution in [2.75, 3.05) is 13.1 Å². The summed E-state index contributed by atoms with van der Waals surface area (Å²) in [6, 6.07) is 13.2. The molecule has 0 saturated carbocycles. The quantitative estimate of drug-likeness (QED) is 0.756. The summed E-state index contributed by atoms with van der Waals surface area (Å²) in [4.78, 5) is 31.2. The lowest BCUT2D eigenvalue weighted by molar-refractivity contribution is -0.133. The van der Waals surface area contributed by atoms with Gasteiger partial charge in [0.1, 0.15) is 12.4 Å². The van der Waals surface area contributed by atoms with Crippen molar-refractivity contribution in [2.45, 2.75) is 32.2 Å². The Kier molecular flexibility index (Phi) is 5.06. The Balaban J connectivity index is 1.45. The number of H-pyrrole nitrogens is 1. The molecule has 1 saturated heterocycles. The van der Waals surface area contributed by atoms with Crippen molar-refractivity contribution in [1.29, 1.82) is 0 Å². The molecular weight excluding hydrogens is 354 g/mol. The number of piperidine rings is 1. The van der Waals surface area contributed by atoms with Gasteiger partial charge >= 0.3 is 0 Å². The third kappa shape index (κ3) is 3.88. The lowest BCUT2D eigenvalue weighted by atomic mass is 9.97. The molecule has 144 valence electrons. The van der Waals surface area contributed by atoms with Crippen LogP contribution >= 0.6 is 0 Å². The summed E-state index contributed by atoms with van der Waals surface area (Å²) in [6.45, 7) is 3.22. The van der Waals surface area contributed by atoms with Gasteiger partial charge in [-0.1, -0.05) is 30.3 Å². The summed E-state index contributed by atoms with van der Waals surface area (Å²) in [6.07, 6.45) is 3.54. The van der Waals surface area contributed by atoms with Gasteiger partial charge in [0.2, 0.25) is 5.91 Å². The first-order valence-corrected chi connectivity index (χ1v) is 9.53. The predicted molar refractivity (Wildman–Crippen MR) is 106 cm³/mol. The molecule has 1 amide bonds. The Bertz CT molecular complexity index is 1020. The largest absolute Gasteiger partial charge is 0.340 e. The molecule has 1 aliphatic rings. The molecule has 2 aromatic heterocycles. The van der Waals surface area contributed by atoms with E-state index in [1.807, 2.05) is 48.2 Å². The van der Waals surface area contributed by atoms with Crippen LogP contribution in [-0.4, -0.2) is 43.6 Å². The second-order valence-electron chi connectivity index (χ2n) is 7.26. The number of aryl methyl sites for hydroxylation is 1. The topological polar surface area (TPSA) is 83.9 Å². The number of rotatable bonds is 4. The molecule has 1 N–H and O–H groups in total. The molecule has 0 radical (unpaired) electrons. The molecule has 4 rings (SSSR count). The van der Waals surface area contributed by atoms with E-state index in [-0.39, 0.29) is 23.9 Å². The van der Waals surface area contributed by atoms with Gasteiger partial charge in [-0.25, -0.2) is 4.98 Å². The van der Waals surface area contributed by atoms with Crippen LogP contribution in [0.25, 0.3) is 11.4 Å². The molecule has 1 aliphatic heterocycles. The maximum absolute atomic E-state index is 12.7. The normalized spacial score (nSPS) is 16.9. The number of nitrogens with zero attached hydrogens (tertiary/aromatic N) is 4. The Morgan fingerprint density at radius 3 is 2.86 bits per heavy atom. The number of hydrogen-bond donors (Lipinski definition) is 1. The van der Waals surface area contributed by atoms with E-state index < -0.39 is 0 Å². The highest BCUT2D eigenvalue weighted by atomic mass is 16.2. The first-order chi connectivity index (χ1) is 13.6. The molecule has 3 heterocycles. The Hall–Kier alpha value is -3.22. The minimum atomic E-state index is -0.148. The molecule has 0 spiro atoms. The standard InChI is InChI=1S/C21H23N5O2/c1-15-9-11-26(18(27)12-15)14-19(28)25-10-5-8-17(13-25)21-22-20(23-24-21)16-6-3-2-4-7-16/h2-4,6-7,9,11-12,17H,5,8,10,13-14H2,1H3,(H,22,23,24)/t17-/m1/s1. The number of aromatic nitrogens is 4. The van der Waals surface area contributed by atoms with Crippen LogP contribution in [-0.2, 0) is 11.3 Å². The molecule has 7 heteroatoms. The van der Waals surface area contributed by atoms with Gasteiger partial charge in [-0.3, -0.25) is 14.7 Å². The molecule has 0 aliphatic carbocycles. The van der Waals surface area contributed by atoms with E-state index in [1.54, 1.807) is 12.3 Å². The monoisotopic (exact) mass is 377 g/mol. The zero-order valence-corrected chi connectivity index (χ0v) is 15.8. The molecule has 1 aromatic carbocycles. The van der Waals surface area contributed by atoms with E-state index in [0.717, 1.165) is 29.8 Å². The second-order valence-corrected chi connectivity index (χ2v) is 7.26. The number of carbonyl (C=O) groups is 1. The average molecular weight is 377 g/mol. The van der Waals surface area contributed by atoms with Gasteiger partial charge < -0.3 is 9.47 Å². The number of benzene rings is 1. The van der Waals surface area contributed by atoms with Crippen LogP contribution in [0.4, 0.5) is 0 Å². The van der Waals surface area contributed by atoms with Gasteiger partial charge in [0.25, 0.3) is 5.56 Å². The smallest absolute Gasteiger partial charge is 0.251 e. The zero-order valence-electron chi connectivity index (χ0n) is 15.8. The van der Waals surface area contributed by atoms with Gasteiger partial charge in [-0.05, 0) is 31.4 Å². The van der Waals surface area contributed by atoms with E-state index in [9.17, 15) is 9.59 Å². The van der Waals surface area contributed by atoms with Crippen LogP contribution < -0.4 is 5.56 Å². The molecule has 0 bridgehead atoms. The van der Waals surface area contributed by atoms with Crippen molar-refractivity contribution in [1.82, 2.24) is 24.6 Å². The number of aromatic amines is 1. The Morgan fingerprint density at radius 2 is 2.07 bits per heavy atom. The van der Waals surface area contributed by atoms with E-state index in [1.165, 1.54) is 4.57 Å². The molecule has 28 heavy (non-hydrogen) atoms. The van der Waals surface area contributed by atoms with E-state index in [4.69, 9.17) is 0 Å². The number of hydrogen-bond acceptors (Lipinski definition) is 4. The molecule has 1 atom stereocenters. The number of amides is 1. The van der Waals surface area contributed by atoms with Gasteiger partial charge in [-0.2, -0.15) is 5.10 Å². The maximum atomic E-state index is 12.7. The third-order valence-corrected chi connectivity index (χ3v) is 5.15. The lowest BCUT2D eigenvalue weighted by Gasteiger charge is -2.31. The summed E-state index contributed by atoms with van der Waals surface area (Å²) in [7, 11) is 0. The molecule has 7 nitrogen and oxygen atoms in total. The minimum Gasteiger partial charge on any atom is -0.340 e. The number of pyridine rings is 1. The molecule has 0 unspecified atom stereocenters. The van der Waals surface area contributed by atoms with Gasteiger partial charge in [0.05, 0.1) is 0 Å². The second kappa shape index (κ2) is 7.80. The zero-order chi connectivity index (χ0) is 19.5. The van der Waals surface area contributed by atoms with Crippen LogP contribution in [0, 0.1) is 6.92 Å². The highest BCUT2D eigenvalue weighted by molar-refractivity contribution is 5.76. The summed E-state index contributed by atoms with van der Waals surface area (Å²) >= 11 is 0. The molecular formula is C21H23N5O2. The first kappa shape index (κ1) is 18.2. The third-order valence-electron chi connectivity index (χ3n) is 5.15. The van der Waals surface area contributed by atoms with Gasteiger partial charge in [0.15, 0.2) is 5.82 Å². The van der Waals surface area contributed by atoms with Gasteiger partial charge in [0, 0.05) is 36.8 Å². The number of carbonyl (C=O) groups excluding carboxylic acids is 1. The molecule has 1 fully saturated rings.